The third-order valence-electron chi connectivity index (χ3n) is 5.52. The zero-order valence-electron chi connectivity index (χ0n) is 16.2. The Bertz CT molecular complexity index is 1080. The van der Waals surface area contributed by atoms with Gasteiger partial charge in [0.25, 0.3) is 5.56 Å². The molecule has 2 aromatic carbocycles. The van der Waals surface area contributed by atoms with Gasteiger partial charge in [-0.05, 0) is 49.4 Å². The van der Waals surface area contributed by atoms with Gasteiger partial charge in [-0.3, -0.25) is 14.5 Å². The van der Waals surface area contributed by atoms with E-state index in [9.17, 15) is 14.0 Å². The number of pyridine rings is 1. The highest BCUT2D eigenvalue weighted by Crippen LogP contribution is 2.21. The van der Waals surface area contributed by atoms with E-state index < -0.39 is 0 Å². The number of para-hydroxylation sites is 1. The minimum atomic E-state index is -0.260. The lowest BCUT2D eigenvalue weighted by Gasteiger charge is -2.24. The SMILES string of the molecule is O=C(NCCc1cc2ccccc2[nH]c1=O)C1CCCN1Cc1ccccc1F. The number of likely N-dealkylation sites (tertiary alicyclic amines) is 1. The smallest absolute Gasteiger partial charge is 0.251 e. The predicted molar refractivity (Wildman–Crippen MR) is 111 cm³/mol. The first-order valence-corrected chi connectivity index (χ1v) is 9.98. The first kappa shape index (κ1) is 19.3. The maximum Gasteiger partial charge on any atom is 0.251 e. The van der Waals surface area contributed by atoms with E-state index in [1.165, 1.54) is 6.07 Å². The zero-order valence-corrected chi connectivity index (χ0v) is 16.2. The Labute approximate surface area is 168 Å². The number of aromatic nitrogens is 1. The van der Waals surface area contributed by atoms with Crippen LogP contribution in [0.3, 0.4) is 0 Å². The van der Waals surface area contributed by atoms with Crippen molar-refractivity contribution in [2.24, 2.45) is 0 Å². The normalized spacial score (nSPS) is 16.9. The number of fused-ring (bicyclic) bond motifs is 1. The number of benzene rings is 2. The minimum absolute atomic E-state index is 0.0592. The average Bonchev–Trinajstić information content (AvgIpc) is 3.18. The standard InChI is InChI=1S/C23H24FN3O2/c24-19-8-3-1-7-18(19)15-27-13-5-10-21(27)23(29)25-12-11-17-14-16-6-2-4-9-20(16)26-22(17)28/h1-4,6-9,14,21H,5,10-13,15H2,(H,25,29)(H,26,28). The van der Waals surface area contributed by atoms with Crippen molar-refractivity contribution in [2.45, 2.75) is 31.8 Å². The number of nitrogens with zero attached hydrogens (tertiary/aromatic N) is 1. The second kappa shape index (κ2) is 8.57. The number of carbonyl (C=O) groups excluding carboxylic acids is 1. The molecule has 1 aliphatic rings. The highest BCUT2D eigenvalue weighted by atomic mass is 19.1. The van der Waals surface area contributed by atoms with E-state index in [0.717, 1.165) is 30.3 Å². The summed E-state index contributed by atoms with van der Waals surface area (Å²) >= 11 is 0. The molecule has 150 valence electrons. The Morgan fingerprint density at radius 3 is 2.79 bits per heavy atom. The van der Waals surface area contributed by atoms with Gasteiger partial charge >= 0.3 is 0 Å². The summed E-state index contributed by atoms with van der Waals surface area (Å²) in [6, 6.07) is 15.9. The van der Waals surface area contributed by atoms with Crippen LogP contribution in [-0.2, 0) is 17.8 Å². The number of hydrogen-bond donors (Lipinski definition) is 2. The van der Waals surface area contributed by atoms with Crippen LogP contribution in [0.1, 0.15) is 24.0 Å². The Morgan fingerprint density at radius 1 is 1.14 bits per heavy atom. The highest BCUT2D eigenvalue weighted by Gasteiger charge is 2.30. The molecule has 1 amide bonds. The van der Waals surface area contributed by atoms with Crippen LogP contribution in [0.15, 0.2) is 59.4 Å². The molecule has 5 nitrogen and oxygen atoms in total. The summed E-state index contributed by atoms with van der Waals surface area (Å²) in [6.07, 6.45) is 2.14. The van der Waals surface area contributed by atoms with E-state index in [2.05, 4.69) is 10.3 Å². The van der Waals surface area contributed by atoms with E-state index in [1.807, 2.05) is 41.3 Å². The number of hydrogen-bond acceptors (Lipinski definition) is 3. The van der Waals surface area contributed by atoms with Crippen LogP contribution in [0.2, 0.25) is 0 Å². The monoisotopic (exact) mass is 393 g/mol. The van der Waals surface area contributed by atoms with Crippen molar-refractivity contribution in [3.05, 3.63) is 81.9 Å². The number of amides is 1. The first-order chi connectivity index (χ1) is 14.1. The average molecular weight is 393 g/mol. The zero-order chi connectivity index (χ0) is 20.2. The van der Waals surface area contributed by atoms with Gasteiger partial charge in [-0.25, -0.2) is 4.39 Å². The lowest BCUT2D eigenvalue weighted by atomic mass is 10.1. The molecule has 3 aromatic rings. The van der Waals surface area contributed by atoms with Gasteiger partial charge in [0.1, 0.15) is 5.82 Å². The maximum absolute atomic E-state index is 14.0. The molecule has 2 heterocycles. The molecule has 2 N–H and O–H groups in total. The van der Waals surface area contributed by atoms with Crippen molar-refractivity contribution in [1.29, 1.82) is 0 Å². The van der Waals surface area contributed by atoms with Gasteiger partial charge in [0, 0.05) is 29.7 Å². The lowest BCUT2D eigenvalue weighted by molar-refractivity contribution is -0.125. The topological polar surface area (TPSA) is 65.2 Å². The van der Waals surface area contributed by atoms with Crippen LogP contribution >= 0.6 is 0 Å². The largest absolute Gasteiger partial charge is 0.354 e. The number of halogens is 1. The quantitative estimate of drug-likeness (QED) is 0.677. The van der Waals surface area contributed by atoms with Crippen LogP contribution in [0.4, 0.5) is 4.39 Å². The summed E-state index contributed by atoms with van der Waals surface area (Å²) < 4.78 is 14.0. The Morgan fingerprint density at radius 2 is 1.93 bits per heavy atom. The van der Waals surface area contributed by atoms with E-state index in [1.54, 1.807) is 12.1 Å². The summed E-state index contributed by atoms with van der Waals surface area (Å²) in [5, 5.41) is 3.92. The molecule has 1 fully saturated rings. The minimum Gasteiger partial charge on any atom is -0.354 e. The van der Waals surface area contributed by atoms with Crippen LogP contribution in [-0.4, -0.2) is 34.9 Å². The van der Waals surface area contributed by atoms with Gasteiger partial charge < -0.3 is 10.3 Å². The molecule has 0 radical (unpaired) electrons. The molecule has 1 atom stereocenters. The molecule has 29 heavy (non-hydrogen) atoms. The van der Waals surface area contributed by atoms with E-state index in [4.69, 9.17) is 0 Å². The molecule has 1 aliphatic heterocycles. The van der Waals surface area contributed by atoms with Gasteiger partial charge in [-0.1, -0.05) is 36.4 Å². The van der Waals surface area contributed by atoms with Crippen molar-refractivity contribution < 1.29 is 9.18 Å². The van der Waals surface area contributed by atoms with Crippen molar-refractivity contribution in [1.82, 2.24) is 15.2 Å². The second-order valence-corrected chi connectivity index (χ2v) is 7.47. The maximum atomic E-state index is 14.0. The van der Waals surface area contributed by atoms with E-state index >= 15 is 0 Å². The highest BCUT2D eigenvalue weighted by molar-refractivity contribution is 5.82. The van der Waals surface area contributed by atoms with Crippen LogP contribution < -0.4 is 10.9 Å². The molecule has 1 unspecified atom stereocenters. The fourth-order valence-electron chi connectivity index (χ4n) is 3.97. The van der Waals surface area contributed by atoms with Crippen LogP contribution in [0.5, 0.6) is 0 Å². The van der Waals surface area contributed by atoms with E-state index in [0.29, 0.717) is 30.6 Å². The van der Waals surface area contributed by atoms with Crippen LogP contribution in [0, 0.1) is 5.82 Å². The molecular weight excluding hydrogens is 369 g/mol. The Hall–Kier alpha value is -2.99. The number of aromatic amines is 1. The van der Waals surface area contributed by atoms with Gasteiger partial charge in [0.15, 0.2) is 0 Å². The Kier molecular flexibility index (Phi) is 5.71. The number of nitrogens with one attached hydrogen (secondary N) is 2. The van der Waals surface area contributed by atoms with Crippen molar-refractivity contribution in [3.63, 3.8) is 0 Å². The summed E-state index contributed by atoms with van der Waals surface area (Å²) in [7, 11) is 0. The van der Waals surface area contributed by atoms with Gasteiger partial charge in [-0.2, -0.15) is 0 Å². The second-order valence-electron chi connectivity index (χ2n) is 7.47. The number of carbonyl (C=O) groups is 1. The van der Waals surface area contributed by atoms with Gasteiger partial charge in [0.2, 0.25) is 5.91 Å². The Balaban J connectivity index is 1.36. The lowest BCUT2D eigenvalue weighted by Crippen LogP contribution is -2.43. The molecule has 6 heteroatoms. The number of H-pyrrole nitrogens is 1. The first-order valence-electron chi connectivity index (χ1n) is 9.98. The molecule has 4 rings (SSSR count). The molecular formula is C23H24FN3O2. The molecule has 0 saturated carbocycles. The molecule has 0 bridgehead atoms. The van der Waals surface area contributed by atoms with Crippen LogP contribution in [0.25, 0.3) is 10.9 Å². The molecule has 0 spiro atoms. The van der Waals surface area contributed by atoms with Crippen molar-refractivity contribution in [2.75, 3.05) is 13.1 Å². The molecule has 0 aliphatic carbocycles. The predicted octanol–water partition coefficient (Wildman–Crippen LogP) is 2.99. The summed E-state index contributed by atoms with van der Waals surface area (Å²) in [5.41, 5.74) is 1.94. The summed E-state index contributed by atoms with van der Waals surface area (Å²) in [4.78, 5) is 29.8. The third kappa shape index (κ3) is 4.38. The fraction of sp³-hybridized carbons (Fsp3) is 0.304. The summed E-state index contributed by atoms with van der Waals surface area (Å²) in [6.45, 7) is 1.59. The van der Waals surface area contributed by atoms with Gasteiger partial charge in [0.05, 0.1) is 6.04 Å². The molecule has 1 aromatic heterocycles. The number of rotatable bonds is 6. The van der Waals surface area contributed by atoms with E-state index in [-0.39, 0.29) is 23.3 Å². The van der Waals surface area contributed by atoms with Crippen molar-refractivity contribution in [3.8, 4) is 0 Å². The van der Waals surface area contributed by atoms with Gasteiger partial charge in [-0.15, -0.1) is 0 Å². The van der Waals surface area contributed by atoms with Crippen molar-refractivity contribution >= 4 is 16.8 Å². The fourth-order valence-corrected chi connectivity index (χ4v) is 3.97. The third-order valence-corrected chi connectivity index (χ3v) is 5.52. The molecule has 1 saturated heterocycles. The summed E-state index contributed by atoms with van der Waals surface area (Å²) in [5.74, 6) is -0.301.